The van der Waals surface area contributed by atoms with Gasteiger partial charge in [-0.3, -0.25) is 0 Å². The van der Waals surface area contributed by atoms with Crippen LogP contribution in [0.4, 0.5) is 0 Å². The number of aromatic nitrogens is 3. The number of halogens is 2. The van der Waals surface area contributed by atoms with Gasteiger partial charge in [0.2, 0.25) is 0 Å². The van der Waals surface area contributed by atoms with E-state index in [1.165, 1.54) is 6.07 Å². The Hall–Kier alpha value is -1.84. The molecule has 5 heteroatoms. The van der Waals surface area contributed by atoms with Crippen molar-refractivity contribution in [2.45, 2.75) is 0 Å². The molecule has 1 N–H and O–H groups in total. The first-order valence-corrected chi connectivity index (χ1v) is 6.42. The van der Waals surface area contributed by atoms with Crippen LogP contribution in [-0.4, -0.2) is 15.0 Å². The molecule has 0 unspecified atom stereocenters. The molecule has 0 aliphatic heterocycles. The second kappa shape index (κ2) is 5.03. The van der Waals surface area contributed by atoms with E-state index in [-0.39, 0.29) is 0 Å². The molecule has 94 valence electrons. The molecule has 0 spiro atoms. The molecule has 0 aliphatic rings. The zero-order valence-electron chi connectivity index (χ0n) is 9.77. The van der Waals surface area contributed by atoms with E-state index in [0.29, 0.717) is 16.1 Å². The van der Waals surface area contributed by atoms with E-state index in [1.807, 2.05) is 42.6 Å². The second-order valence-electron chi connectivity index (χ2n) is 4.00. The molecule has 3 rings (SSSR count). The molecule has 0 fully saturated rings. The van der Waals surface area contributed by atoms with Crippen LogP contribution in [0.25, 0.3) is 22.6 Å². The van der Waals surface area contributed by atoms with E-state index >= 15 is 0 Å². The molecular weight excluding hydrogens is 281 g/mol. The van der Waals surface area contributed by atoms with Crippen LogP contribution in [0, 0.1) is 0 Å². The monoisotopic (exact) mass is 289 g/mol. The van der Waals surface area contributed by atoms with Gasteiger partial charge in [-0.25, -0.2) is 9.97 Å². The minimum absolute atomic E-state index is 0.334. The van der Waals surface area contributed by atoms with Crippen molar-refractivity contribution in [3.8, 4) is 22.6 Å². The highest BCUT2D eigenvalue weighted by molar-refractivity contribution is 6.33. The van der Waals surface area contributed by atoms with E-state index in [9.17, 15) is 0 Å². The Morgan fingerprint density at radius 1 is 0.842 bits per heavy atom. The predicted octanol–water partition coefficient (Wildman–Crippen LogP) is 4.45. The third-order valence-electron chi connectivity index (χ3n) is 2.69. The summed E-state index contributed by atoms with van der Waals surface area (Å²) in [7, 11) is 0. The topological polar surface area (TPSA) is 41.6 Å². The lowest BCUT2D eigenvalue weighted by atomic mass is 10.1. The number of rotatable bonds is 2. The molecular formula is C14H9Cl2N3. The molecule has 1 aromatic carbocycles. The third-order valence-corrected chi connectivity index (χ3v) is 3.08. The molecule has 0 saturated carbocycles. The fourth-order valence-corrected chi connectivity index (χ4v) is 2.28. The summed E-state index contributed by atoms with van der Waals surface area (Å²) in [6.45, 7) is 0. The number of benzene rings is 1. The smallest absolute Gasteiger partial charge is 0.162 e. The Morgan fingerprint density at radius 2 is 1.58 bits per heavy atom. The van der Waals surface area contributed by atoms with Crippen molar-refractivity contribution in [1.29, 1.82) is 0 Å². The summed E-state index contributed by atoms with van der Waals surface area (Å²) in [4.78, 5) is 11.5. The van der Waals surface area contributed by atoms with E-state index in [0.717, 1.165) is 16.8 Å². The van der Waals surface area contributed by atoms with Gasteiger partial charge in [0.25, 0.3) is 0 Å². The molecule has 19 heavy (non-hydrogen) atoms. The molecule has 0 amide bonds. The summed E-state index contributed by atoms with van der Waals surface area (Å²) in [5, 5.41) is 0.667. The van der Waals surface area contributed by atoms with Gasteiger partial charge >= 0.3 is 0 Å². The Morgan fingerprint density at radius 3 is 2.26 bits per heavy atom. The van der Waals surface area contributed by atoms with Gasteiger partial charge in [-0.1, -0.05) is 41.4 Å². The van der Waals surface area contributed by atoms with Crippen LogP contribution in [0.5, 0.6) is 0 Å². The third kappa shape index (κ3) is 2.62. The molecule has 0 aliphatic carbocycles. The quantitative estimate of drug-likeness (QED) is 0.709. The Kier molecular flexibility index (Phi) is 3.23. The molecule has 0 atom stereocenters. The van der Waals surface area contributed by atoms with Gasteiger partial charge in [0.15, 0.2) is 5.82 Å². The first kappa shape index (κ1) is 12.2. The van der Waals surface area contributed by atoms with Crippen molar-refractivity contribution in [2.75, 3.05) is 0 Å². The second-order valence-corrected chi connectivity index (χ2v) is 4.78. The lowest BCUT2D eigenvalue weighted by Gasteiger charge is -2.04. The van der Waals surface area contributed by atoms with Crippen LogP contribution in [0.3, 0.4) is 0 Å². The molecule has 3 aromatic rings. The summed E-state index contributed by atoms with van der Waals surface area (Å²) in [5.41, 5.74) is 2.97. The lowest BCUT2D eigenvalue weighted by Crippen LogP contribution is -1.90. The van der Waals surface area contributed by atoms with E-state index < -0.39 is 0 Å². The van der Waals surface area contributed by atoms with E-state index in [4.69, 9.17) is 23.2 Å². The van der Waals surface area contributed by atoms with E-state index in [1.54, 1.807) is 0 Å². The molecule has 0 radical (unpaired) electrons. The van der Waals surface area contributed by atoms with Gasteiger partial charge in [0.05, 0.1) is 0 Å². The molecule has 2 aromatic heterocycles. The standard InChI is InChI=1S/C14H9Cl2N3/c15-12-8-13(16)19-14(18-12)10-4-1-3-9(7-10)11-5-2-6-17-11/h1-8,17H. The summed E-state index contributed by atoms with van der Waals surface area (Å²) >= 11 is 11.8. The Labute approximate surface area is 120 Å². The van der Waals surface area contributed by atoms with Crippen molar-refractivity contribution in [3.63, 3.8) is 0 Å². The van der Waals surface area contributed by atoms with Crippen molar-refractivity contribution in [1.82, 2.24) is 15.0 Å². The molecule has 0 saturated heterocycles. The van der Waals surface area contributed by atoms with Crippen LogP contribution in [0.1, 0.15) is 0 Å². The van der Waals surface area contributed by atoms with Crippen LogP contribution in [0.2, 0.25) is 10.3 Å². The van der Waals surface area contributed by atoms with Gasteiger partial charge < -0.3 is 4.98 Å². The summed E-state index contributed by atoms with van der Waals surface area (Å²) in [6.07, 6.45) is 1.88. The molecule has 2 heterocycles. The zero-order chi connectivity index (χ0) is 13.2. The van der Waals surface area contributed by atoms with Crippen LogP contribution in [-0.2, 0) is 0 Å². The van der Waals surface area contributed by atoms with Gasteiger partial charge in [-0.2, -0.15) is 0 Å². The maximum atomic E-state index is 5.90. The zero-order valence-corrected chi connectivity index (χ0v) is 11.3. The number of nitrogens with one attached hydrogen (secondary N) is 1. The molecule has 3 nitrogen and oxygen atoms in total. The van der Waals surface area contributed by atoms with E-state index in [2.05, 4.69) is 15.0 Å². The fourth-order valence-electron chi connectivity index (χ4n) is 1.85. The van der Waals surface area contributed by atoms with Crippen LogP contribution in [0.15, 0.2) is 48.7 Å². The Balaban J connectivity index is 2.08. The first-order valence-electron chi connectivity index (χ1n) is 5.67. The average Bonchev–Trinajstić information content (AvgIpc) is 2.92. The largest absolute Gasteiger partial charge is 0.361 e. The SMILES string of the molecule is Clc1cc(Cl)nc(-c2cccc(-c3ccc[nH]3)c2)n1. The van der Waals surface area contributed by atoms with Crippen LogP contribution < -0.4 is 0 Å². The molecule has 0 bridgehead atoms. The van der Waals surface area contributed by atoms with Crippen molar-refractivity contribution in [3.05, 3.63) is 59.0 Å². The maximum Gasteiger partial charge on any atom is 0.162 e. The number of hydrogen-bond acceptors (Lipinski definition) is 2. The first-order chi connectivity index (χ1) is 9.22. The minimum atomic E-state index is 0.334. The van der Waals surface area contributed by atoms with Crippen molar-refractivity contribution < 1.29 is 0 Å². The fraction of sp³-hybridized carbons (Fsp3) is 0. The predicted molar refractivity (Wildman–Crippen MR) is 77.3 cm³/mol. The highest BCUT2D eigenvalue weighted by Crippen LogP contribution is 2.25. The highest BCUT2D eigenvalue weighted by atomic mass is 35.5. The summed E-state index contributed by atoms with van der Waals surface area (Å²) in [6, 6.07) is 13.4. The minimum Gasteiger partial charge on any atom is -0.361 e. The van der Waals surface area contributed by atoms with Crippen molar-refractivity contribution in [2.24, 2.45) is 0 Å². The number of hydrogen-bond donors (Lipinski definition) is 1. The highest BCUT2D eigenvalue weighted by Gasteiger charge is 2.06. The van der Waals surface area contributed by atoms with Gasteiger partial charge in [0, 0.05) is 23.5 Å². The number of nitrogens with zero attached hydrogens (tertiary/aromatic N) is 2. The van der Waals surface area contributed by atoms with Crippen LogP contribution >= 0.6 is 23.2 Å². The number of H-pyrrole nitrogens is 1. The summed E-state index contributed by atoms with van der Waals surface area (Å²) in [5.74, 6) is 0.519. The van der Waals surface area contributed by atoms with Gasteiger partial charge in [-0.15, -0.1) is 0 Å². The maximum absolute atomic E-state index is 5.90. The normalized spacial score (nSPS) is 10.6. The van der Waals surface area contributed by atoms with Crippen molar-refractivity contribution >= 4 is 23.2 Å². The lowest BCUT2D eigenvalue weighted by molar-refractivity contribution is 1.18. The van der Waals surface area contributed by atoms with Gasteiger partial charge in [-0.05, 0) is 23.8 Å². The Bertz CT molecular complexity index is 688. The average molecular weight is 290 g/mol. The number of aromatic amines is 1. The summed E-state index contributed by atoms with van der Waals surface area (Å²) < 4.78 is 0. The van der Waals surface area contributed by atoms with Gasteiger partial charge in [0.1, 0.15) is 10.3 Å².